The average molecular weight is 374 g/mol. The number of H-pyrrole nitrogens is 1. The minimum atomic E-state index is 0.407. The minimum absolute atomic E-state index is 0.407. The average Bonchev–Trinajstić information content (AvgIpc) is 3.23. The summed E-state index contributed by atoms with van der Waals surface area (Å²) in [7, 11) is 0. The molecule has 1 N–H and O–H groups in total. The van der Waals surface area contributed by atoms with Crippen molar-refractivity contribution in [1.29, 1.82) is 0 Å². The number of aromatic nitrogens is 5. The highest BCUT2D eigenvalue weighted by Crippen LogP contribution is 2.20. The molecule has 0 fully saturated rings. The van der Waals surface area contributed by atoms with E-state index in [9.17, 15) is 0 Å². The topological polar surface area (TPSA) is 63.8 Å². The summed E-state index contributed by atoms with van der Waals surface area (Å²) >= 11 is 5.35. The molecule has 0 saturated carbocycles. The van der Waals surface area contributed by atoms with Gasteiger partial charge >= 0.3 is 0 Å². The summed E-state index contributed by atoms with van der Waals surface area (Å²) in [6, 6.07) is 20.1. The Morgan fingerprint density at radius 3 is 2.63 bits per heavy atom. The molecule has 0 unspecified atom stereocenters. The molecule has 2 aromatic carbocycles. The van der Waals surface area contributed by atoms with E-state index in [0.29, 0.717) is 10.7 Å². The molecule has 0 atom stereocenters. The lowest BCUT2D eigenvalue weighted by molar-refractivity contribution is 0.721. The zero-order chi connectivity index (χ0) is 18.8. The van der Waals surface area contributed by atoms with Crippen LogP contribution in [0.5, 0.6) is 0 Å². The lowest BCUT2D eigenvalue weighted by Crippen LogP contribution is -2.07. The van der Waals surface area contributed by atoms with E-state index in [4.69, 9.17) is 12.2 Å². The van der Waals surface area contributed by atoms with Crippen LogP contribution in [0, 0.1) is 18.6 Å². The van der Waals surface area contributed by atoms with Crippen LogP contribution in [0.2, 0.25) is 0 Å². The van der Waals surface area contributed by atoms with Crippen molar-refractivity contribution in [3.05, 3.63) is 82.3 Å². The fourth-order valence-corrected chi connectivity index (χ4v) is 3.00. The van der Waals surface area contributed by atoms with Gasteiger partial charge in [-0.2, -0.15) is 14.9 Å². The first kappa shape index (κ1) is 17.1. The third kappa shape index (κ3) is 3.50. The molecule has 27 heavy (non-hydrogen) atoms. The Balaban J connectivity index is 1.74. The Bertz CT molecular complexity index is 1170. The van der Waals surface area contributed by atoms with Crippen molar-refractivity contribution in [2.24, 2.45) is 5.10 Å². The number of aryl methyl sites for hydroxylation is 2. The summed E-state index contributed by atoms with van der Waals surface area (Å²) in [5.74, 6) is 0.517. The molecule has 4 rings (SSSR count). The first-order valence-electron chi connectivity index (χ1n) is 8.53. The van der Waals surface area contributed by atoms with Gasteiger partial charge in [0, 0.05) is 11.3 Å². The van der Waals surface area contributed by atoms with E-state index in [0.717, 1.165) is 22.5 Å². The highest BCUT2D eigenvalue weighted by atomic mass is 32.1. The lowest BCUT2D eigenvalue weighted by atomic mass is 10.1. The molecule has 4 aromatic rings. The van der Waals surface area contributed by atoms with Gasteiger partial charge in [-0.1, -0.05) is 60.2 Å². The molecule has 7 heteroatoms. The van der Waals surface area contributed by atoms with Crippen molar-refractivity contribution in [1.82, 2.24) is 24.7 Å². The van der Waals surface area contributed by atoms with E-state index in [-0.39, 0.29) is 0 Å². The molecule has 134 valence electrons. The highest BCUT2D eigenvalue weighted by Gasteiger charge is 2.14. The Labute approximate surface area is 161 Å². The lowest BCUT2D eigenvalue weighted by Gasteiger charge is -2.03. The minimum Gasteiger partial charge on any atom is -0.248 e. The summed E-state index contributed by atoms with van der Waals surface area (Å²) in [6.07, 6.45) is 1.76. The van der Waals surface area contributed by atoms with Gasteiger partial charge in [0.05, 0.1) is 11.9 Å². The van der Waals surface area contributed by atoms with Gasteiger partial charge in [0.15, 0.2) is 0 Å². The first-order chi connectivity index (χ1) is 13.1. The molecule has 0 saturated heterocycles. The second-order valence-corrected chi connectivity index (χ2v) is 6.63. The van der Waals surface area contributed by atoms with E-state index in [2.05, 4.69) is 26.5 Å². The maximum absolute atomic E-state index is 5.35. The molecule has 2 aromatic heterocycles. The zero-order valence-electron chi connectivity index (χ0n) is 15.0. The fraction of sp³-hybridized carbons (Fsp3) is 0.100. The van der Waals surface area contributed by atoms with Gasteiger partial charge < -0.3 is 0 Å². The van der Waals surface area contributed by atoms with Crippen molar-refractivity contribution in [2.75, 3.05) is 0 Å². The molecule has 0 aliphatic rings. The maximum atomic E-state index is 5.35. The third-order valence-electron chi connectivity index (χ3n) is 4.14. The van der Waals surface area contributed by atoms with Crippen LogP contribution in [0.4, 0.5) is 0 Å². The number of aromatic amines is 1. The number of nitrogens with one attached hydrogen (secondary N) is 1. The summed E-state index contributed by atoms with van der Waals surface area (Å²) in [4.78, 5) is 0. The largest absolute Gasteiger partial charge is 0.271 e. The number of nitrogens with zero attached hydrogens (tertiary/aromatic N) is 5. The number of rotatable bonds is 4. The number of benzene rings is 2. The van der Waals surface area contributed by atoms with Gasteiger partial charge in [0.1, 0.15) is 0 Å². The van der Waals surface area contributed by atoms with Crippen LogP contribution < -0.4 is 0 Å². The number of hydrogen-bond acceptors (Lipinski definition) is 4. The van der Waals surface area contributed by atoms with E-state index in [1.807, 2.05) is 68.4 Å². The number of hydrogen-bond donors (Lipinski definition) is 1. The van der Waals surface area contributed by atoms with Gasteiger partial charge in [0.25, 0.3) is 5.95 Å². The van der Waals surface area contributed by atoms with Crippen LogP contribution in [0.1, 0.15) is 16.8 Å². The van der Waals surface area contributed by atoms with Gasteiger partial charge in [-0.25, -0.2) is 9.78 Å². The smallest absolute Gasteiger partial charge is 0.248 e. The molecule has 6 nitrogen and oxygen atoms in total. The van der Waals surface area contributed by atoms with Crippen molar-refractivity contribution in [3.8, 4) is 17.2 Å². The Kier molecular flexibility index (Phi) is 4.52. The van der Waals surface area contributed by atoms with E-state index in [1.165, 1.54) is 5.56 Å². The molecule has 0 bridgehead atoms. The van der Waals surface area contributed by atoms with Crippen molar-refractivity contribution in [2.45, 2.75) is 13.8 Å². The molecular formula is C20H18N6S. The Hall–Kier alpha value is -3.32. The molecule has 0 amide bonds. The Morgan fingerprint density at radius 2 is 1.85 bits per heavy atom. The van der Waals surface area contributed by atoms with Crippen molar-refractivity contribution >= 4 is 18.4 Å². The third-order valence-corrected chi connectivity index (χ3v) is 4.41. The maximum Gasteiger partial charge on any atom is 0.271 e. The molecule has 0 spiro atoms. The summed E-state index contributed by atoms with van der Waals surface area (Å²) in [6.45, 7) is 4.02. The monoisotopic (exact) mass is 374 g/mol. The predicted octanol–water partition coefficient (Wildman–Crippen LogP) is 4.29. The van der Waals surface area contributed by atoms with Gasteiger partial charge in [-0.15, -0.1) is 5.10 Å². The van der Waals surface area contributed by atoms with E-state index < -0.39 is 0 Å². The predicted molar refractivity (Wildman–Crippen MR) is 109 cm³/mol. The molecule has 2 heterocycles. The summed E-state index contributed by atoms with van der Waals surface area (Å²) in [5, 5.41) is 16.3. The highest BCUT2D eigenvalue weighted by molar-refractivity contribution is 7.71. The van der Waals surface area contributed by atoms with Crippen LogP contribution in [0.3, 0.4) is 0 Å². The van der Waals surface area contributed by atoms with Gasteiger partial charge in [0.2, 0.25) is 4.77 Å². The molecule has 0 radical (unpaired) electrons. The van der Waals surface area contributed by atoms with Gasteiger partial charge in [-0.05, 0) is 37.7 Å². The van der Waals surface area contributed by atoms with E-state index >= 15 is 0 Å². The Morgan fingerprint density at radius 1 is 1.04 bits per heavy atom. The first-order valence-corrected chi connectivity index (χ1v) is 8.93. The van der Waals surface area contributed by atoms with Crippen LogP contribution in [-0.4, -0.2) is 30.9 Å². The molecule has 0 aliphatic carbocycles. The fourth-order valence-electron chi connectivity index (χ4n) is 2.83. The SMILES string of the molecule is Cc1cccc(/C=N/n2c(-n3nc(-c4ccccc4)cc3C)n[nH]c2=S)c1. The van der Waals surface area contributed by atoms with E-state index in [1.54, 1.807) is 15.6 Å². The second-order valence-electron chi connectivity index (χ2n) is 6.25. The van der Waals surface area contributed by atoms with Crippen molar-refractivity contribution in [3.63, 3.8) is 0 Å². The zero-order valence-corrected chi connectivity index (χ0v) is 15.8. The molecule has 0 aliphatic heterocycles. The van der Waals surface area contributed by atoms with Crippen LogP contribution in [0.15, 0.2) is 65.8 Å². The van der Waals surface area contributed by atoms with Crippen LogP contribution in [-0.2, 0) is 0 Å². The van der Waals surface area contributed by atoms with Crippen LogP contribution in [0.25, 0.3) is 17.2 Å². The normalized spacial score (nSPS) is 11.3. The standard InChI is InChI=1S/C20H18N6S/c1-14-7-6-8-16(11-14)13-21-26-19(22-23-20(26)27)25-15(2)12-18(24-25)17-9-4-3-5-10-17/h3-13H,1-2H3,(H,23,27)/b21-13+. The van der Waals surface area contributed by atoms with Crippen molar-refractivity contribution < 1.29 is 0 Å². The molecular weight excluding hydrogens is 356 g/mol. The second kappa shape index (κ2) is 7.13. The summed E-state index contributed by atoms with van der Waals surface area (Å²) < 4.78 is 3.72. The quantitative estimate of drug-likeness (QED) is 0.428. The summed E-state index contributed by atoms with van der Waals surface area (Å²) in [5.41, 5.74) is 5.02. The van der Waals surface area contributed by atoms with Gasteiger partial charge in [-0.3, -0.25) is 0 Å². The van der Waals surface area contributed by atoms with Crippen LogP contribution >= 0.6 is 12.2 Å².